The highest BCUT2D eigenvalue weighted by Crippen LogP contribution is 2.35. The van der Waals surface area contributed by atoms with Crippen LogP contribution >= 0.6 is 11.6 Å². The second kappa shape index (κ2) is 6.36. The SMILES string of the molecule is CC(=O)Nc1c(C(=O)C2CCCC(C)C2)[nH]c2cc(Cl)ccc12. The van der Waals surface area contributed by atoms with Crippen molar-refractivity contribution in [1.82, 2.24) is 4.98 Å². The number of fused-ring (bicyclic) bond motifs is 1. The van der Waals surface area contributed by atoms with E-state index >= 15 is 0 Å². The zero-order valence-electron chi connectivity index (χ0n) is 13.4. The summed E-state index contributed by atoms with van der Waals surface area (Å²) in [6, 6.07) is 5.38. The van der Waals surface area contributed by atoms with E-state index in [1.165, 1.54) is 13.3 Å². The lowest BCUT2D eigenvalue weighted by Crippen LogP contribution is -2.23. The number of H-pyrrole nitrogens is 1. The van der Waals surface area contributed by atoms with Crippen LogP contribution in [0.3, 0.4) is 0 Å². The Morgan fingerprint density at radius 1 is 1.30 bits per heavy atom. The van der Waals surface area contributed by atoms with Gasteiger partial charge in [0, 0.05) is 28.8 Å². The number of amides is 1. The third-order valence-corrected chi connectivity index (χ3v) is 4.85. The summed E-state index contributed by atoms with van der Waals surface area (Å²) in [4.78, 5) is 27.7. The minimum atomic E-state index is -0.188. The van der Waals surface area contributed by atoms with Crippen LogP contribution in [0.4, 0.5) is 5.69 Å². The molecule has 1 amide bonds. The lowest BCUT2D eigenvalue weighted by atomic mass is 9.79. The van der Waals surface area contributed by atoms with Gasteiger partial charge in [-0.25, -0.2) is 0 Å². The number of Topliss-reactive ketones (excluding diaryl/α,β-unsaturated/α-hetero) is 1. The van der Waals surface area contributed by atoms with Crippen LogP contribution in [0.5, 0.6) is 0 Å². The summed E-state index contributed by atoms with van der Waals surface area (Å²) < 4.78 is 0. The van der Waals surface area contributed by atoms with E-state index in [-0.39, 0.29) is 17.6 Å². The highest BCUT2D eigenvalue weighted by Gasteiger charge is 2.29. The van der Waals surface area contributed by atoms with Crippen LogP contribution in [-0.2, 0) is 4.79 Å². The van der Waals surface area contributed by atoms with Crippen molar-refractivity contribution in [1.29, 1.82) is 0 Å². The number of benzene rings is 1. The van der Waals surface area contributed by atoms with E-state index in [0.717, 1.165) is 30.2 Å². The Hall–Kier alpha value is -1.81. The highest BCUT2D eigenvalue weighted by molar-refractivity contribution is 6.31. The molecule has 1 fully saturated rings. The molecule has 0 saturated heterocycles. The molecule has 0 bridgehead atoms. The number of aromatic nitrogens is 1. The van der Waals surface area contributed by atoms with Crippen molar-refractivity contribution in [2.24, 2.45) is 11.8 Å². The average Bonchev–Trinajstić information content (AvgIpc) is 2.83. The molecule has 1 aliphatic rings. The van der Waals surface area contributed by atoms with Crippen molar-refractivity contribution < 1.29 is 9.59 Å². The molecule has 0 spiro atoms. The van der Waals surface area contributed by atoms with E-state index in [2.05, 4.69) is 17.2 Å². The minimum absolute atomic E-state index is 0.0230. The van der Waals surface area contributed by atoms with E-state index in [0.29, 0.717) is 22.3 Å². The van der Waals surface area contributed by atoms with Gasteiger partial charge in [0.2, 0.25) is 5.91 Å². The van der Waals surface area contributed by atoms with Crippen molar-refractivity contribution in [3.63, 3.8) is 0 Å². The van der Waals surface area contributed by atoms with Crippen molar-refractivity contribution in [2.75, 3.05) is 5.32 Å². The third kappa shape index (κ3) is 3.27. The van der Waals surface area contributed by atoms with E-state index in [9.17, 15) is 9.59 Å². The normalized spacial score (nSPS) is 21.3. The number of aromatic amines is 1. The van der Waals surface area contributed by atoms with Gasteiger partial charge in [0.15, 0.2) is 5.78 Å². The smallest absolute Gasteiger partial charge is 0.221 e. The molecule has 2 aromatic rings. The Labute approximate surface area is 140 Å². The first-order chi connectivity index (χ1) is 11.0. The van der Waals surface area contributed by atoms with Gasteiger partial charge in [-0.2, -0.15) is 0 Å². The van der Waals surface area contributed by atoms with Crippen LogP contribution in [0.1, 0.15) is 50.0 Å². The molecule has 0 radical (unpaired) electrons. The topological polar surface area (TPSA) is 62.0 Å². The van der Waals surface area contributed by atoms with Gasteiger partial charge in [-0.1, -0.05) is 31.4 Å². The number of hydrogen-bond acceptors (Lipinski definition) is 2. The fourth-order valence-electron chi connectivity index (χ4n) is 3.54. The predicted octanol–water partition coefficient (Wildman–Crippen LogP) is 4.79. The maximum atomic E-state index is 13.0. The standard InChI is InChI=1S/C18H21ClN2O2/c1-10-4-3-5-12(8-10)18(23)17-16(20-11(2)22)14-7-6-13(19)9-15(14)21-17/h6-7,9-10,12,21H,3-5,8H2,1-2H3,(H,20,22). The minimum Gasteiger partial charge on any atom is -0.350 e. The molecule has 122 valence electrons. The number of rotatable bonds is 3. The maximum absolute atomic E-state index is 13.0. The lowest BCUT2D eigenvalue weighted by molar-refractivity contribution is -0.114. The summed E-state index contributed by atoms with van der Waals surface area (Å²) in [5.41, 5.74) is 1.84. The maximum Gasteiger partial charge on any atom is 0.221 e. The molecular weight excluding hydrogens is 312 g/mol. The van der Waals surface area contributed by atoms with Crippen LogP contribution in [0.25, 0.3) is 10.9 Å². The Kier molecular flexibility index (Phi) is 4.44. The quantitative estimate of drug-likeness (QED) is 0.794. The zero-order chi connectivity index (χ0) is 16.6. The molecule has 2 unspecified atom stereocenters. The van der Waals surface area contributed by atoms with Gasteiger partial charge in [0.25, 0.3) is 0 Å². The number of nitrogens with one attached hydrogen (secondary N) is 2. The van der Waals surface area contributed by atoms with Gasteiger partial charge in [-0.3, -0.25) is 9.59 Å². The van der Waals surface area contributed by atoms with Crippen LogP contribution in [0, 0.1) is 11.8 Å². The summed E-state index contributed by atoms with van der Waals surface area (Å²) in [5.74, 6) is 0.495. The van der Waals surface area contributed by atoms with Gasteiger partial charge in [-0.15, -0.1) is 0 Å². The number of carbonyl (C=O) groups excluding carboxylic acids is 2. The Balaban J connectivity index is 2.04. The van der Waals surface area contributed by atoms with Crippen molar-refractivity contribution in [3.05, 3.63) is 28.9 Å². The van der Waals surface area contributed by atoms with Gasteiger partial charge < -0.3 is 10.3 Å². The van der Waals surface area contributed by atoms with Gasteiger partial charge in [0.1, 0.15) is 5.69 Å². The van der Waals surface area contributed by atoms with E-state index in [4.69, 9.17) is 11.6 Å². The molecule has 1 aromatic carbocycles. The van der Waals surface area contributed by atoms with Crippen LogP contribution < -0.4 is 5.32 Å². The third-order valence-electron chi connectivity index (χ3n) is 4.62. The van der Waals surface area contributed by atoms with Crippen LogP contribution in [0.15, 0.2) is 18.2 Å². The largest absolute Gasteiger partial charge is 0.350 e. The van der Waals surface area contributed by atoms with Gasteiger partial charge >= 0.3 is 0 Å². The lowest BCUT2D eigenvalue weighted by Gasteiger charge is -2.25. The van der Waals surface area contributed by atoms with Crippen molar-refractivity contribution in [2.45, 2.75) is 39.5 Å². The van der Waals surface area contributed by atoms with Crippen LogP contribution in [-0.4, -0.2) is 16.7 Å². The molecule has 1 aliphatic carbocycles. The summed E-state index contributed by atoms with van der Waals surface area (Å²) in [5, 5.41) is 4.23. The van der Waals surface area contributed by atoms with E-state index < -0.39 is 0 Å². The fraction of sp³-hybridized carbons (Fsp3) is 0.444. The summed E-state index contributed by atoms with van der Waals surface area (Å²) in [7, 11) is 0. The summed E-state index contributed by atoms with van der Waals surface area (Å²) in [6.07, 6.45) is 4.09. The monoisotopic (exact) mass is 332 g/mol. The number of anilines is 1. The number of carbonyl (C=O) groups is 2. The second-order valence-corrected chi connectivity index (χ2v) is 7.02. The first kappa shape index (κ1) is 16.1. The molecule has 5 heteroatoms. The Morgan fingerprint density at radius 3 is 2.78 bits per heavy atom. The fourth-order valence-corrected chi connectivity index (χ4v) is 3.71. The molecule has 23 heavy (non-hydrogen) atoms. The predicted molar refractivity (Wildman–Crippen MR) is 93.1 cm³/mol. The van der Waals surface area contributed by atoms with Crippen LogP contribution in [0.2, 0.25) is 5.02 Å². The molecule has 3 rings (SSSR count). The molecule has 0 aliphatic heterocycles. The van der Waals surface area contributed by atoms with E-state index in [1.54, 1.807) is 12.1 Å². The number of ketones is 1. The van der Waals surface area contributed by atoms with Gasteiger partial charge in [-0.05, 0) is 37.0 Å². The summed E-state index contributed by atoms with van der Waals surface area (Å²) in [6.45, 7) is 3.64. The van der Waals surface area contributed by atoms with Gasteiger partial charge in [0.05, 0.1) is 5.69 Å². The Morgan fingerprint density at radius 2 is 2.09 bits per heavy atom. The first-order valence-corrected chi connectivity index (χ1v) is 8.46. The summed E-state index contributed by atoms with van der Waals surface area (Å²) >= 11 is 6.04. The highest BCUT2D eigenvalue weighted by atomic mass is 35.5. The zero-order valence-corrected chi connectivity index (χ0v) is 14.2. The molecular formula is C18H21ClN2O2. The second-order valence-electron chi connectivity index (χ2n) is 6.58. The number of halogens is 1. The van der Waals surface area contributed by atoms with E-state index in [1.807, 2.05) is 6.07 Å². The molecule has 1 aromatic heterocycles. The molecule has 2 atom stereocenters. The van der Waals surface area contributed by atoms with Crippen molar-refractivity contribution in [3.8, 4) is 0 Å². The van der Waals surface area contributed by atoms with Crippen molar-refractivity contribution >= 4 is 39.9 Å². The Bertz CT molecular complexity index is 766. The molecule has 2 N–H and O–H groups in total. The molecule has 1 saturated carbocycles. The number of hydrogen-bond donors (Lipinski definition) is 2. The molecule has 1 heterocycles. The molecule has 4 nitrogen and oxygen atoms in total. The average molecular weight is 333 g/mol. The first-order valence-electron chi connectivity index (χ1n) is 8.08.